The zero-order valence-electron chi connectivity index (χ0n) is 22.2. The van der Waals surface area contributed by atoms with E-state index < -0.39 is 36.9 Å². The predicted molar refractivity (Wildman–Crippen MR) is 144 cm³/mol. The summed E-state index contributed by atoms with van der Waals surface area (Å²) in [5.74, 6) is -1.59. The van der Waals surface area contributed by atoms with Gasteiger partial charge in [0.25, 0.3) is 0 Å². The lowest BCUT2D eigenvalue weighted by molar-refractivity contribution is 0.0258. The van der Waals surface area contributed by atoms with Gasteiger partial charge in [-0.05, 0) is 85.0 Å². The van der Waals surface area contributed by atoms with Crippen LogP contribution in [0.15, 0.2) is 69.1 Å². The van der Waals surface area contributed by atoms with Gasteiger partial charge in [0, 0.05) is 20.8 Å². The minimum Gasteiger partial charge on any atom is -0.462 e. The summed E-state index contributed by atoms with van der Waals surface area (Å²) < 4.78 is 30.9. The second-order valence-electron chi connectivity index (χ2n) is 10.3. The maximum atomic E-state index is 12.9. The van der Waals surface area contributed by atoms with Crippen molar-refractivity contribution in [2.75, 3.05) is 13.2 Å². The molecule has 2 aromatic carbocycles. The highest BCUT2D eigenvalue weighted by Crippen LogP contribution is 2.51. The molecule has 0 saturated heterocycles. The SMILES string of the molecule is [2H]C(OC(=O)c1ccc(Br)cc1)[C@H]1CC[C@H](C)[C@@H]2CC(C)(C)C=C2[C@H]1C([2H])OC(=O)c1ccc(Br)cc1. The second-order valence-corrected chi connectivity index (χ2v) is 12.1. The van der Waals surface area contributed by atoms with Crippen molar-refractivity contribution in [2.45, 2.75) is 40.0 Å². The Labute approximate surface area is 227 Å². The molecule has 1 saturated carbocycles. The van der Waals surface area contributed by atoms with Crippen LogP contribution < -0.4 is 0 Å². The third-order valence-corrected chi connectivity index (χ3v) is 8.11. The maximum absolute atomic E-state index is 12.9. The number of hydrogen-bond acceptors (Lipinski definition) is 4. The number of ether oxygens (including phenoxy) is 2. The largest absolute Gasteiger partial charge is 0.462 e. The molecule has 1 fully saturated rings. The molecule has 186 valence electrons. The number of benzene rings is 2. The maximum Gasteiger partial charge on any atom is 0.338 e. The number of halogens is 2. The smallest absolute Gasteiger partial charge is 0.338 e. The van der Waals surface area contributed by atoms with Crippen molar-refractivity contribution in [2.24, 2.45) is 29.1 Å². The van der Waals surface area contributed by atoms with Crippen LogP contribution in [-0.4, -0.2) is 25.1 Å². The Morgan fingerprint density at radius 2 is 1.43 bits per heavy atom. The van der Waals surface area contributed by atoms with Gasteiger partial charge < -0.3 is 9.47 Å². The van der Waals surface area contributed by atoms with E-state index >= 15 is 0 Å². The highest BCUT2D eigenvalue weighted by molar-refractivity contribution is 9.10. The number of carbonyl (C=O) groups is 2. The quantitative estimate of drug-likeness (QED) is 0.248. The van der Waals surface area contributed by atoms with Crippen molar-refractivity contribution in [1.29, 1.82) is 0 Å². The standard InChI is InChI=1S/C29H32Br2O4/c1-18-4-5-21(16-34-27(32)19-6-10-22(30)11-7-19)26(25-15-29(2,3)14-24(18)25)17-35-28(33)20-8-12-23(31)13-9-20/h6-13,15,18,21,24,26H,4-5,14,16-17H2,1-3H3/t18-,21+,24-,26-/m0/s1/i16D,17D/t16?,17?,18-,21+,24-,26-. The average Bonchev–Trinajstić information content (AvgIpc) is 3.10. The van der Waals surface area contributed by atoms with Crippen molar-refractivity contribution in [1.82, 2.24) is 0 Å². The minimum absolute atomic E-state index is 0.0601. The number of fused-ring (bicyclic) bond motifs is 1. The summed E-state index contributed by atoms with van der Waals surface area (Å²) in [4.78, 5) is 25.8. The van der Waals surface area contributed by atoms with Crippen LogP contribution >= 0.6 is 31.9 Å². The fraction of sp³-hybridized carbons (Fsp3) is 0.448. The van der Waals surface area contributed by atoms with E-state index in [2.05, 4.69) is 58.7 Å². The van der Waals surface area contributed by atoms with Gasteiger partial charge in [-0.1, -0.05) is 64.3 Å². The van der Waals surface area contributed by atoms with Gasteiger partial charge in [-0.25, -0.2) is 9.59 Å². The van der Waals surface area contributed by atoms with E-state index in [-0.39, 0.29) is 11.3 Å². The van der Waals surface area contributed by atoms with Gasteiger partial charge in [0.15, 0.2) is 0 Å². The average molecular weight is 606 g/mol. The van der Waals surface area contributed by atoms with Gasteiger partial charge in [-0.3, -0.25) is 0 Å². The molecule has 35 heavy (non-hydrogen) atoms. The Hall–Kier alpha value is -1.92. The van der Waals surface area contributed by atoms with Gasteiger partial charge in [-0.15, -0.1) is 0 Å². The van der Waals surface area contributed by atoms with E-state index in [0.717, 1.165) is 27.4 Å². The third-order valence-electron chi connectivity index (χ3n) is 7.05. The Kier molecular flexibility index (Phi) is 7.38. The Morgan fingerprint density at radius 3 is 1.97 bits per heavy atom. The predicted octanol–water partition coefficient (Wildman–Crippen LogP) is 7.86. The number of carbonyl (C=O) groups excluding carboxylic acids is 2. The molecule has 0 aromatic heterocycles. The molecule has 4 rings (SSSR count). The Bertz CT molecular complexity index is 1160. The molecule has 6 heteroatoms. The fourth-order valence-corrected chi connectivity index (χ4v) is 5.71. The van der Waals surface area contributed by atoms with E-state index in [1.165, 1.54) is 0 Å². The van der Waals surface area contributed by atoms with Crippen molar-refractivity contribution in [3.8, 4) is 0 Å². The molecule has 2 unspecified atom stereocenters. The van der Waals surface area contributed by atoms with Gasteiger partial charge in [0.1, 0.15) is 0 Å². The summed E-state index contributed by atoms with van der Waals surface area (Å²) in [6.07, 6.45) is 4.60. The summed E-state index contributed by atoms with van der Waals surface area (Å²) >= 11 is 6.73. The second kappa shape index (κ2) is 11.0. The number of esters is 2. The van der Waals surface area contributed by atoms with Gasteiger partial charge in [-0.2, -0.15) is 0 Å². The van der Waals surface area contributed by atoms with Crippen molar-refractivity contribution < 1.29 is 21.8 Å². The summed E-state index contributed by atoms with van der Waals surface area (Å²) in [5, 5.41) is 0. The molecule has 0 aliphatic heterocycles. The topological polar surface area (TPSA) is 52.6 Å². The zero-order chi connectivity index (χ0) is 26.9. The first-order chi connectivity index (χ1) is 17.4. The van der Waals surface area contributed by atoms with E-state index in [1.54, 1.807) is 48.5 Å². The Balaban J connectivity index is 1.62. The van der Waals surface area contributed by atoms with Crippen molar-refractivity contribution in [3.05, 3.63) is 80.3 Å². The molecule has 0 amide bonds. The molecular weight excluding hydrogens is 572 g/mol. The summed E-state index contributed by atoms with van der Waals surface area (Å²) in [6.45, 7) is 4.13. The van der Waals surface area contributed by atoms with Crippen LogP contribution in [0.1, 0.15) is 63.5 Å². The van der Waals surface area contributed by atoms with E-state index in [9.17, 15) is 9.59 Å². The van der Waals surface area contributed by atoms with Crippen molar-refractivity contribution in [3.63, 3.8) is 0 Å². The van der Waals surface area contributed by atoms with Crippen LogP contribution in [0, 0.1) is 29.1 Å². The first-order valence-electron chi connectivity index (χ1n) is 13.1. The molecule has 0 spiro atoms. The van der Waals surface area contributed by atoms with Gasteiger partial charge in [0.2, 0.25) is 0 Å². The molecule has 2 aromatic rings. The highest BCUT2D eigenvalue weighted by Gasteiger charge is 2.43. The molecule has 0 bridgehead atoms. The fourth-order valence-electron chi connectivity index (χ4n) is 5.18. The van der Waals surface area contributed by atoms with E-state index in [1.807, 2.05) is 0 Å². The molecule has 0 heterocycles. The van der Waals surface area contributed by atoms with Gasteiger partial charge >= 0.3 is 11.9 Å². The van der Waals surface area contributed by atoms with Crippen LogP contribution in [0.2, 0.25) is 0 Å². The lowest BCUT2D eigenvalue weighted by atomic mass is 9.80. The van der Waals surface area contributed by atoms with Crippen LogP contribution in [-0.2, 0) is 9.47 Å². The number of rotatable bonds is 6. The molecule has 4 nitrogen and oxygen atoms in total. The molecule has 0 radical (unpaired) electrons. The molecule has 0 N–H and O–H groups in total. The summed E-state index contributed by atoms with van der Waals surface area (Å²) in [6, 6.07) is 13.6. The van der Waals surface area contributed by atoms with Crippen LogP contribution in [0.25, 0.3) is 0 Å². The van der Waals surface area contributed by atoms with E-state index in [0.29, 0.717) is 23.5 Å². The zero-order valence-corrected chi connectivity index (χ0v) is 23.3. The minimum atomic E-state index is -1.23. The normalized spacial score (nSPS) is 27.9. The molecule has 2 aliphatic carbocycles. The first kappa shape index (κ1) is 23.5. The monoisotopic (exact) mass is 604 g/mol. The molecule has 2 aliphatic rings. The lowest BCUT2D eigenvalue weighted by Crippen LogP contribution is -2.28. The van der Waals surface area contributed by atoms with Crippen LogP contribution in [0.5, 0.6) is 0 Å². The highest BCUT2D eigenvalue weighted by atomic mass is 79.9. The third kappa shape index (κ3) is 6.45. The summed E-state index contributed by atoms with van der Waals surface area (Å²) in [7, 11) is 0. The Morgan fingerprint density at radius 1 is 0.914 bits per heavy atom. The molecular formula is C29H32Br2O4. The summed E-state index contributed by atoms with van der Waals surface area (Å²) in [5.41, 5.74) is 1.72. The number of hydrogen-bond donors (Lipinski definition) is 0. The number of allylic oxidation sites excluding steroid dienone is 1. The van der Waals surface area contributed by atoms with Crippen LogP contribution in [0.4, 0.5) is 0 Å². The molecule has 6 atom stereocenters. The van der Waals surface area contributed by atoms with Crippen LogP contribution in [0.3, 0.4) is 0 Å². The van der Waals surface area contributed by atoms with E-state index in [4.69, 9.17) is 12.2 Å². The van der Waals surface area contributed by atoms with Gasteiger partial charge in [0.05, 0.1) is 27.0 Å². The first-order valence-corrected chi connectivity index (χ1v) is 13.5. The van der Waals surface area contributed by atoms with Crippen molar-refractivity contribution >= 4 is 43.8 Å². The lowest BCUT2D eigenvalue weighted by Gasteiger charge is -2.28.